The highest BCUT2D eigenvalue weighted by atomic mass is 16.5. The van der Waals surface area contributed by atoms with Crippen molar-refractivity contribution < 1.29 is 42.9 Å². The molecule has 1 unspecified atom stereocenters. The molecule has 5 aliphatic heterocycles. The fraction of sp³-hybridized carbons (Fsp3) is 0.404. The maximum absolute atomic E-state index is 14.1. The molecule has 2 aromatic heterocycles. The van der Waals surface area contributed by atoms with Gasteiger partial charge >= 0.3 is 12.2 Å². The lowest BCUT2D eigenvalue weighted by molar-refractivity contribution is -0.137. The molecule has 5 aliphatic rings. The van der Waals surface area contributed by atoms with Gasteiger partial charge in [0.05, 0.1) is 50.1 Å². The molecule has 5 aromatic rings. The summed E-state index contributed by atoms with van der Waals surface area (Å²) in [6, 6.07) is 15.2. The second-order valence-electron chi connectivity index (χ2n) is 16.9. The Kier molecular flexibility index (Phi) is 11.2. The zero-order chi connectivity index (χ0) is 43.9. The van der Waals surface area contributed by atoms with Gasteiger partial charge in [-0.1, -0.05) is 30.3 Å². The van der Waals surface area contributed by atoms with Gasteiger partial charge in [-0.25, -0.2) is 19.6 Å². The number of carbonyl (C=O) groups excluding carboxylic acids is 4. The number of rotatable bonds is 10. The molecule has 4 amide bonds. The van der Waals surface area contributed by atoms with E-state index in [1.807, 2.05) is 47.4 Å². The van der Waals surface area contributed by atoms with Crippen molar-refractivity contribution in [3.8, 4) is 45.1 Å². The number of imidazole rings is 2. The number of aromatic amines is 2. The second-order valence-corrected chi connectivity index (χ2v) is 16.9. The van der Waals surface area contributed by atoms with Crippen molar-refractivity contribution in [2.75, 3.05) is 40.5 Å². The van der Waals surface area contributed by atoms with Crippen LogP contribution in [0.25, 0.3) is 33.6 Å². The second kappa shape index (κ2) is 17.4. The number of amides is 4. The number of hydrogen-bond donors (Lipinski definition) is 4. The Bertz CT molecular complexity index is 2540. The molecular weight excluding hydrogens is 821 g/mol. The average Bonchev–Trinajstić information content (AvgIpc) is 4.19. The van der Waals surface area contributed by atoms with E-state index in [2.05, 4.69) is 32.7 Å². The number of H-pyrrole nitrogens is 2. The van der Waals surface area contributed by atoms with Crippen LogP contribution in [0.4, 0.5) is 9.59 Å². The zero-order valence-corrected chi connectivity index (χ0v) is 35.7. The Morgan fingerprint density at radius 2 is 1.23 bits per heavy atom. The monoisotopic (exact) mass is 870 g/mol. The predicted molar refractivity (Wildman–Crippen MR) is 231 cm³/mol. The number of methoxy groups -OCH3 is 2. The maximum atomic E-state index is 14.1. The highest BCUT2D eigenvalue weighted by Gasteiger charge is 2.41. The van der Waals surface area contributed by atoms with Crippen LogP contribution >= 0.6 is 0 Å². The number of ether oxygens (including phenoxy) is 5. The van der Waals surface area contributed by atoms with Crippen molar-refractivity contribution in [3.63, 3.8) is 0 Å². The van der Waals surface area contributed by atoms with Crippen molar-refractivity contribution in [1.82, 2.24) is 40.4 Å². The van der Waals surface area contributed by atoms with Crippen molar-refractivity contribution in [2.24, 2.45) is 5.92 Å². The SMILES string of the molecule is COC(=O)NC(C(=O)N1CCC[C@H]1c1ncc(-c2cc3c4c(c2)OCc2cc(-c5cnc([C@@H]6CCCN6C(=O)[C@H](NC(=O)OC)c6ccccc6)[nH]5)cc(c2-4)OC3)[nH]1)C1CCOCC1. The van der Waals surface area contributed by atoms with Crippen LogP contribution in [-0.4, -0.2) is 100 Å². The van der Waals surface area contributed by atoms with E-state index < -0.39 is 24.3 Å². The molecule has 7 heterocycles. The van der Waals surface area contributed by atoms with Gasteiger partial charge in [0, 0.05) is 59.7 Å². The van der Waals surface area contributed by atoms with E-state index in [1.165, 1.54) is 14.2 Å². The first-order valence-electron chi connectivity index (χ1n) is 21.9. The summed E-state index contributed by atoms with van der Waals surface area (Å²) in [6.07, 6.45) is 6.70. The van der Waals surface area contributed by atoms with Gasteiger partial charge in [-0.3, -0.25) is 9.59 Å². The number of aromatic nitrogens is 4. The number of nitrogens with one attached hydrogen (secondary N) is 4. The fourth-order valence-electron chi connectivity index (χ4n) is 10.00. The molecule has 17 nitrogen and oxygen atoms in total. The molecule has 4 N–H and O–H groups in total. The molecule has 0 saturated carbocycles. The van der Waals surface area contributed by atoms with Gasteiger partial charge in [0.2, 0.25) is 5.91 Å². The lowest BCUT2D eigenvalue weighted by atomic mass is 9.87. The molecular formula is C47H50N8O9. The van der Waals surface area contributed by atoms with Crippen molar-refractivity contribution in [1.29, 1.82) is 0 Å². The van der Waals surface area contributed by atoms with E-state index in [1.54, 1.807) is 17.3 Å². The highest BCUT2D eigenvalue weighted by Crippen LogP contribution is 2.51. The molecule has 0 radical (unpaired) electrons. The van der Waals surface area contributed by atoms with Gasteiger partial charge in [-0.15, -0.1) is 0 Å². The lowest BCUT2D eigenvalue weighted by Crippen LogP contribution is -2.53. The number of likely N-dealkylation sites (tertiary alicyclic amines) is 2. The number of alkyl carbamates (subject to hydrolysis) is 2. The zero-order valence-electron chi connectivity index (χ0n) is 35.7. The molecule has 3 saturated heterocycles. The Balaban J connectivity index is 0.872. The van der Waals surface area contributed by atoms with E-state index in [0.717, 1.165) is 82.0 Å². The summed E-state index contributed by atoms with van der Waals surface area (Å²) in [4.78, 5) is 73.0. The van der Waals surface area contributed by atoms with Gasteiger partial charge in [0.1, 0.15) is 48.4 Å². The summed E-state index contributed by atoms with van der Waals surface area (Å²) in [7, 11) is 2.58. The summed E-state index contributed by atoms with van der Waals surface area (Å²) < 4.78 is 28.2. The van der Waals surface area contributed by atoms with Crippen LogP contribution in [0.2, 0.25) is 0 Å². The molecule has 0 spiro atoms. The highest BCUT2D eigenvalue weighted by molar-refractivity contribution is 5.90. The number of carbonyl (C=O) groups is 4. The first-order chi connectivity index (χ1) is 31.3. The topological polar surface area (TPSA) is 202 Å². The first kappa shape index (κ1) is 41.1. The van der Waals surface area contributed by atoms with Crippen molar-refractivity contribution in [3.05, 3.63) is 95.3 Å². The third-order valence-electron chi connectivity index (χ3n) is 13.2. The minimum Gasteiger partial charge on any atom is -0.488 e. The molecule has 4 atom stereocenters. The van der Waals surface area contributed by atoms with Crippen LogP contribution in [0.15, 0.2) is 67.0 Å². The smallest absolute Gasteiger partial charge is 0.407 e. The molecule has 64 heavy (non-hydrogen) atoms. The van der Waals surface area contributed by atoms with E-state index in [-0.39, 0.29) is 29.8 Å². The first-order valence-corrected chi connectivity index (χ1v) is 21.9. The van der Waals surface area contributed by atoms with Crippen LogP contribution < -0.4 is 20.1 Å². The minimum atomic E-state index is -0.907. The largest absolute Gasteiger partial charge is 0.488 e. The predicted octanol–water partition coefficient (Wildman–Crippen LogP) is 6.49. The van der Waals surface area contributed by atoms with E-state index >= 15 is 0 Å². The van der Waals surface area contributed by atoms with Crippen molar-refractivity contribution in [2.45, 2.75) is 75.9 Å². The minimum absolute atomic E-state index is 0.0511. The number of benzene rings is 3. The average molecular weight is 871 g/mol. The van der Waals surface area contributed by atoms with E-state index in [0.29, 0.717) is 69.6 Å². The molecule has 3 fully saturated rings. The number of nitrogens with zero attached hydrogens (tertiary/aromatic N) is 4. The van der Waals surface area contributed by atoms with Crippen LogP contribution in [-0.2, 0) is 37.0 Å². The third-order valence-corrected chi connectivity index (χ3v) is 13.2. The van der Waals surface area contributed by atoms with Gasteiger partial charge < -0.3 is 54.1 Å². The van der Waals surface area contributed by atoms with Crippen LogP contribution in [0.1, 0.15) is 85.0 Å². The van der Waals surface area contributed by atoms with Gasteiger partial charge in [0.25, 0.3) is 5.91 Å². The summed E-state index contributed by atoms with van der Waals surface area (Å²) in [5, 5.41) is 5.54. The Morgan fingerprint density at radius 3 is 1.78 bits per heavy atom. The third kappa shape index (κ3) is 7.67. The molecule has 332 valence electrons. The Morgan fingerprint density at radius 1 is 0.703 bits per heavy atom. The molecule has 0 aliphatic carbocycles. The summed E-state index contributed by atoms with van der Waals surface area (Å²) in [6.45, 7) is 2.84. The molecule has 17 heteroatoms. The van der Waals surface area contributed by atoms with Crippen LogP contribution in [0, 0.1) is 5.92 Å². The van der Waals surface area contributed by atoms with Gasteiger partial charge in [0.15, 0.2) is 0 Å². The quantitative estimate of drug-likeness (QED) is 0.119. The Labute approximate surface area is 369 Å². The summed E-state index contributed by atoms with van der Waals surface area (Å²) in [5.41, 5.74) is 8.00. The Hall–Kier alpha value is -6.88. The molecule has 0 bridgehead atoms. The van der Waals surface area contributed by atoms with Crippen LogP contribution in [0.5, 0.6) is 11.5 Å². The summed E-state index contributed by atoms with van der Waals surface area (Å²) in [5.74, 6) is 2.44. The van der Waals surface area contributed by atoms with Crippen LogP contribution in [0.3, 0.4) is 0 Å². The van der Waals surface area contributed by atoms with E-state index in [4.69, 9.17) is 33.7 Å². The van der Waals surface area contributed by atoms with Crippen molar-refractivity contribution >= 4 is 24.0 Å². The standard InChI is InChI=1S/C47H50N8O9/c1-60-46(58)52-40(26-8-4-3-5-9-26)44(56)54-14-6-10-34(54)42-48-22-32(50-42)28-18-30-24-64-37-21-29(19-31-25-63-36(20-28)38(30)39(31)37)33-23-49-43(51-33)35-11-7-15-55(35)45(57)41(53-47(59)61-2)27-12-16-62-17-13-27/h3-5,8-9,18-23,27,34-35,40-41H,6-7,10-17,24-25H2,1-2H3,(H,48,50)(H,49,51)(H,52,58)(H,53,59)/t34-,35-,40+,41?/m0/s1. The number of hydrogen-bond acceptors (Lipinski definition) is 11. The van der Waals surface area contributed by atoms with Gasteiger partial charge in [-0.05, 0) is 74.3 Å². The fourth-order valence-corrected chi connectivity index (χ4v) is 10.00. The van der Waals surface area contributed by atoms with E-state index in [9.17, 15) is 19.2 Å². The molecule has 10 rings (SSSR count). The van der Waals surface area contributed by atoms with Gasteiger partial charge in [-0.2, -0.15) is 0 Å². The molecule has 3 aromatic carbocycles. The lowest BCUT2D eigenvalue weighted by Gasteiger charge is -2.34. The summed E-state index contributed by atoms with van der Waals surface area (Å²) >= 11 is 0. The maximum Gasteiger partial charge on any atom is 0.407 e. The normalized spacial score (nSPS) is 19.8.